The standard InChI is InChI=1S/C29H39N7O5S/c1-27(2,3)33-25(37)21-9-11-29(12-13-30,17-41-21)36-20-10-14-31-26(38)23(20)24(34-36)32-19-7-8-22-18(15-19)16-35(28(4,5)6)42(22,39)40/h7-8,10,14-15,21,39-40H,9,11-12,16-17H2,1-6H3,(H,31,38)(H,32,34)(H,33,37). The number of ether oxygens (including phenoxy) is 1. The number of rotatable bonds is 5. The molecule has 2 aliphatic heterocycles. The summed E-state index contributed by atoms with van der Waals surface area (Å²) in [6.07, 6.45) is 1.80. The third-order valence-electron chi connectivity index (χ3n) is 7.66. The molecule has 0 radical (unpaired) electrons. The highest BCUT2D eigenvalue weighted by Gasteiger charge is 2.43. The van der Waals surface area contributed by atoms with Gasteiger partial charge in [0.1, 0.15) is 11.5 Å². The molecule has 2 unspecified atom stereocenters. The van der Waals surface area contributed by atoms with Gasteiger partial charge >= 0.3 is 0 Å². The summed E-state index contributed by atoms with van der Waals surface area (Å²) in [5.41, 5.74) is -0.162. The maximum Gasteiger partial charge on any atom is 0.261 e. The number of carbonyl (C=O) groups is 1. The number of carbonyl (C=O) groups excluding carboxylic acids is 1. The number of anilines is 2. The first-order chi connectivity index (χ1) is 19.6. The summed E-state index contributed by atoms with van der Waals surface area (Å²) in [5.74, 6) is 0.101. The Kier molecular flexibility index (Phi) is 7.44. The predicted octanol–water partition coefficient (Wildman–Crippen LogP) is 4.81. The van der Waals surface area contributed by atoms with Gasteiger partial charge in [-0.1, -0.05) is 0 Å². The smallest absolute Gasteiger partial charge is 0.261 e. The van der Waals surface area contributed by atoms with Gasteiger partial charge in [0.2, 0.25) is 5.91 Å². The Labute approximate surface area is 246 Å². The highest BCUT2D eigenvalue weighted by molar-refractivity contribution is 8.22. The second-order valence-corrected chi connectivity index (χ2v) is 15.1. The zero-order valence-electron chi connectivity index (χ0n) is 24.8. The van der Waals surface area contributed by atoms with Crippen molar-refractivity contribution in [3.8, 4) is 6.07 Å². The number of aromatic amines is 1. The first kappa shape index (κ1) is 30.1. The van der Waals surface area contributed by atoms with Crippen molar-refractivity contribution < 1.29 is 18.6 Å². The maximum atomic E-state index is 13.1. The second kappa shape index (κ2) is 10.4. The van der Waals surface area contributed by atoms with E-state index in [-0.39, 0.29) is 24.5 Å². The Morgan fingerprint density at radius 3 is 2.62 bits per heavy atom. The molecule has 3 aromatic rings. The molecular formula is C29H39N7O5S. The largest absolute Gasteiger partial charge is 0.366 e. The van der Waals surface area contributed by atoms with Crippen LogP contribution in [0, 0.1) is 11.3 Å². The zero-order chi connectivity index (χ0) is 30.7. The molecule has 1 amide bonds. The average Bonchev–Trinajstić information content (AvgIpc) is 3.39. The van der Waals surface area contributed by atoms with Gasteiger partial charge in [-0.3, -0.25) is 23.4 Å². The van der Waals surface area contributed by atoms with Crippen molar-refractivity contribution in [2.24, 2.45) is 0 Å². The van der Waals surface area contributed by atoms with E-state index in [2.05, 4.69) is 21.7 Å². The van der Waals surface area contributed by atoms with Gasteiger partial charge in [0, 0.05) is 29.5 Å². The van der Waals surface area contributed by atoms with Gasteiger partial charge in [0.25, 0.3) is 5.56 Å². The fourth-order valence-corrected chi connectivity index (χ4v) is 7.74. The summed E-state index contributed by atoms with van der Waals surface area (Å²) < 4.78 is 31.3. The Hall–Kier alpha value is -3.41. The van der Waals surface area contributed by atoms with Gasteiger partial charge in [0.15, 0.2) is 5.82 Å². The third kappa shape index (κ3) is 5.41. The van der Waals surface area contributed by atoms with Crippen LogP contribution in [0.25, 0.3) is 10.9 Å². The van der Waals surface area contributed by atoms with Crippen molar-refractivity contribution in [2.75, 3.05) is 11.9 Å². The molecule has 13 heteroatoms. The first-order valence-corrected chi connectivity index (χ1v) is 15.4. The number of hydrogen-bond acceptors (Lipinski definition) is 9. The fraction of sp³-hybridized carbons (Fsp3) is 0.517. The Morgan fingerprint density at radius 1 is 1.26 bits per heavy atom. The Balaban J connectivity index is 1.49. The van der Waals surface area contributed by atoms with Crippen molar-refractivity contribution in [2.45, 2.75) is 95.0 Å². The van der Waals surface area contributed by atoms with Crippen LogP contribution >= 0.6 is 10.8 Å². The number of fused-ring (bicyclic) bond motifs is 2. The summed E-state index contributed by atoms with van der Waals surface area (Å²) >= 11 is 0. The number of aromatic nitrogens is 3. The van der Waals surface area contributed by atoms with Gasteiger partial charge in [-0.15, -0.1) is 10.8 Å². The van der Waals surface area contributed by atoms with Crippen molar-refractivity contribution in [1.29, 1.82) is 5.26 Å². The quantitative estimate of drug-likeness (QED) is 0.277. The number of nitrogens with one attached hydrogen (secondary N) is 3. The van der Waals surface area contributed by atoms with Crippen LogP contribution in [-0.4, -0.2) is 57.9 Å². The lowest BCUT2D eigenvalue weighted by Crippen LogP contribution is -2.52. The Bertz CT molecular complexity index is 1620. The summed E-state index contributed by atoms with van der Waals surface area (Å²) in [5, 5.41) is 21.1. The predicted molar refractivity (Wildman–Crippen MR) is 162 cm³/mol. The zero-order valence-corrected chi connectivity index (χ0v) is 25.6. The van der Waals surface area contributed by atoms with Gasteiger partial charge in [-0.05, 0) is 84.2 Å². The molecule has 0 bridgehead atoms. The van der Waals surface area contributed by atoms with E-state index in [1.807, 2.05) is 47.6 Å². The van der Waals surface area contributed by atoms with E-state index in [4.69, 9.17) is 9.84 Å². The van der Waals surface area contributed by atoms with Crippen molar-refractivity contribution >= 4 is 39.1 Å². The van der Waals surface area contributed by atoms with Gasteiger partial charge in [-0.2, -0.15) is 14.7 Å². The molecule has 2 atom stereocenters. The van der Waals surface area contributed by atoms with Crippen LogP contribution in [0.15, 0.2) is 40.2 Å². The molecule has 12 nitrogen and oxygen atoms in total. The van der Waals surface area contributed by atoms with E-state index >= 15 is 0 Å². The van der Waals surface area contributed by atoms with E-state index in [9.17, 15) is 24.0 Å². The normalized spacial score (nSPS) is 23.3. The molecule has 0 saturated carbocycles. The molecule has 42 heavy (non-hydrogen) atoms. The Morgan fingerprint density at radius 2 is 2.00 bits per heavy atom. The minimum absolute atomic E-state index is 0.0724. The topological polar surface area (TPSA) is 169 Å². The van der Waals surface area contributed by atoms with Crippen molar-refractivity contribution in [3.63, 3.8) is 0 Å². The van der Waals surface area contributed by atoms with Gasteiger partial charge in [0.05, 0.1) is 35.0 Å². The molecule has 226 valence electrons. The number of pyridine rings is 1. The van der Waals surface area contributed by atoms with Crippen molar-refractivity contribution in [3.05, 3.63) is 46.4 Å². The van der Waals surface area contributed by atoms with Crippen LogP contribution in [-0.2, 0) is 21.6 Å². The van der Waals surface area contributed by atoms with Crippen molar-refractivity contribution in [1.82, 2.24) is 24.4 Å². The average molecular weight is 598 g/mol. The molecule has 5 N–H and O–H groups in total. The van der Waals surface area contributed by atoms with Crippen LogP contribution in [0.5, 0.6) is 0 Å². The molecule has 5 rings (SSSR count). The SMILES string of the molecule is CC(C)(C)NC(=O)C1CCC(CC#N)(n2nc(Nc3ccc4c(c3)CN(C(C)(C)C)S4(O)O)c3c(=O)[nH]ccc32)CO1. The van der Waals surface area contributed by atoms with E-state index < -0.39 is 33.5 Å². The number of hydrogen-bond donors (Lipinski definition) is 5. The molecule has 0 spiro atoms. The number of nitrogens with zero attached hydrogens (tertiary/aromatic N) is 4. The summed E-state index contributed by atoms with van der Waals surface area (Å²) in [4.78, 5) is 29.0. The molecule has 1 fully saturated rings. The highest BCUT2D eigenvalue weighted by atomic mass is 32.3. The molecular weight excluding hydrogens is 558 g/mol. The maximum absolute atomic E-state index is 13.1. The summed E-state index contributed by atoms with van der Waals surface area (Å²) in [6, 6.07) is 9.25. The molecule has 0 aliphatic carbocycles. The van der Waals surface area contributed by atoms with Crippen LogP contribution < -0.4 is 16.2 Å². The molecule has 4 heterocycles. The number of amides is 1. The van der Waals surface area contributed by atoms with Gasteiger partial charge in [-0.25, -0.2) is 0 Å². The second-order valence-electron chi connectivity index (χ2n) is 13.1. The number of nitriles is 1. The van der Waals surface area contributed by atoms with Crippen LogP contribution in [0.4, 0.5) is 11.5 Å². The summed E-state index contributed by atoms with van der Waals surface area (Å²) in [6.45, 7) is 11.9. The van der Waals surface area contributed by atoms with E-state index in [0.29, 0.717) is 46.7 Å². The van der Waals surface area contributed by atoms with Crippen LogP contribution in [0.3, 0.4) is 0 Å². The molecule has 2 aliphatic rings. The van der Waals surface area contributed by atoms with Crippen LogP contribution in [0.1, 0.15) is 66.4 Å². The van der Waals surface area contributed by atoms with Gasteiger partial charge < -0.3 is 20.4 Å². The number of benzene rings is 1. The van der Waals surface area contributed by atoms with Crippen LogP contribution in [0.2, 0.25) is 0 Å². The monoisotopic (exact) mass is 597 g/mol. The van der Waals surface area contributed by atoms with E-state index in [1.165, 1.54) is 6.20 Å². The fourth-order valence-electron chi connectivity index (χ4n) is 5.69. The summed E-state index contributed by atoms with van der Waals surface area (Å²) in [7, 11) is -3.12. The minimum atomic E-state index is -3.12. The molecule has 2 aromatic heterocycles. The first-order valence-electron chi connectivity index (χ1n) is 13.9. The number of H-pyrrole nitrogens is 1. The molecule has 1 aromatic carbocycles. The lowest BCUT2D eigenvalue weighted by Gasteiger charge is -2.44. The third-order valence-corrected chi connectivity index (χ3v) is 9.94. The molecule has 1 saturated heterocycles. The minimum Gasteiger partial charge on any atom is -0.366 e. The highest BCUT2D eigenvalue weighted by Crippen LogP contribution is 2.61. The lowest BCUT2D eigenvalue weighted by atomic mass is 9.86. The van der Waals surface area contributed by atoms with E-state index in [1.54, 1.807) is 27.2 Å². The van der Waals surface area contributed by atoms with E-state index in [0.717, 1.165) is 5.56 Å². The lowest BCUT2D eigenvalue weighted by molar-refractivity contribution is -0.142.